The summed E-state index contributed by atoms with van der Waals surface area (Å²) in [6.45, 7) is 3.96. The standard InChI is InChI=1S/C15H26N2O.ClH/c1-10(16)11-5-4-8-17(9-11)15(18)14-12-6-2-3-7-13(12)14;/h10-14H,2-9,16H2,1H3;1H. The topological polar surface area (TPSA) is 46.3 Å². The number of piperidine rings is 1. The molecule has 0 aromatic rings. The third-order valence-corrected chi connectivity index (χ3v) is 5.45. The predicted molar refractivity (Wildman–Crippen MR) is 79.1 cm³/mol. The molecule has 2 saturated carbocycles. The Labute approximate surface area is 122 Å². The predicted octanol–water partition coefficient (Wildman–Crippen LogP) is 2.43. The van der Waals surface area contributed by atoms with Crippen LogP contribution in [0.15, 0.2) is 0 Å². The lowest BCUT2D eigenvalue weighted by Crippen LogP contribution is -2.45. The number of nitrogens with zero attached hydrogens (tertiary/aromatic N) is 1. The molecule has 1 aliphatic heterocycles. The van der Waals surface area contributed by atoms with Crippen molar-refractivity contribution in [1.29, 1.82) is 0 Å². The lowest BCUT2D eigenvalue weighted by atomic mass is 9.92. The van der Waals surface area contributed by atoms with Gasteiger partial charge in [-0.05, 0) is 50.4 Å². The van der Waals surface area contributed by atoms with E-state index in [1.54, 1.807) is 0 Å². The summed E-state index contributed by atoms with van der Waals surface area (Å²) in [5.41, 5.74) is 6.00. The molecule has 0 aromatic heterocycles. The van der Waals surface area contributed by atoms with Gasteiger partial charge in [0.1, 0.15) is 0 Å². The van der Waals surface area contributed by atoms with E-state index in [1.807, 2.05) is 0 Å². The first kappa shape index (κ1) is 15.1. The average molecular weight is 287 g/mol. The first-order valence-corrected chi connectivity index (χ1v) is 7.73. The number of nitrogens with two attached hydrogens (primary N) is 1. The fourth-order valence-electron chi connectivity index (χ4n) is 4.21. The molecule has 4 atom stereocenters. The Kier molecular flexibility index (Phi) is 4.78. The molecule has 2 N–H and O–H groups in total. The Morgan fingerprint density at radius 1 is 1.16 bits per heavy atom. The molecular formula is C15H27ClN2O. The molecule has 3 rings (SSSR count). The molecule has 2 aliphatic carbocycles. The third-order valence-electron chi connectivity index (χ3n) is 5.45. The fourth-order valence-corrected chi connectivity index (χ4v) is 4.21. The van der Waals surface area contributed by atoms with Gasteiger partial charge < -0.3 is 10.6 Å². The van der Waals surface area contributed by atoms with Crippen LogP contribution in [-0.4, -0.2) is 29.9 Å². The van der Waals surface area contributed by atoms with Crippen LogP contribution in [0.25, 0.3) is 0 Å². The van der Waals surface area contributed by atoms with Gasteiger partial charge in [-0.2, -0.15) is 0 Å². The van der Waals surface area contributed by atoms with E-state index in [9.17, 15) is 4.79 Å². The molecule has 0 radical (unpaired) electrons. The van der Waals surface area contributed by atoms with Gasteiger partial charge in [0.25, 0.3) is 0 Å². The van der Waals surface area contributed by atoms with Crippen LogP contribution in [-0.2, 0) is 4.79 Å². The molecule has 110 valence electrons. The summed E-state index contributed by atoms with van der Waals surface area (Å²) in [6, 6.07) is 0.224. The molecule has 0 aromatic carbocycles. The van der Waals surface area contributed by atoms with Gasteiger partial charge >= 0.3 is 0 Å². The van der Waals surface area contributed by atoms with Crippen LogP contribution in [0.5, 0.6) is 0 Å². The number of hydrogen-bond donors (Lipinski definition) is 1. The third kappa shape index (κ3) is 2.92. The Balaban J connectivity index is 0.00000133. The summed E-state index contributed by atoms with van der Waals surface area (Å²) < 4.78 is 0. The molecule has 3 nitrogen and oxygen atoms in total. The number of fused-ring (bicyclic) bond motifs is 1. The number of rotatable bonds is 2. The van der Waals surface area contributed by atoms with Crippen LogP contribution in [0, 0.1) is 23.7 Å². The van der Waals surface area contributed by atoms with Gasteiger partial charge in [-0.25, -0.2) is 0 Å². The second-order valence-electron chi connectivity index (χ2n) is 6.68. The van der Waals surface area contributed by atoms with E-state index in [0.29, 0.717) is 17.7 Å². The maximum absolute atomic E-state index is 12.6. The van der Waals surface area contributed by atoms with Crippen molar-refractivity contribution in [3.8, 4) is 0 Å². The zero-order valence-electron chi connectivity index (χ0n) is 11.9. The van der Waals surface area contributed by atoms with E-state index in [0.717, 1.165) is 31.3 Å². The van der Waals surface area contributed by atoms with Crippen molar-refractivity contribution in [3.63, 3.8) is 0 Å². The monoisotopic (exact) mass is 286 g/mol. The Morgan fingerprint density at radius 2 is 1.79 bits per heavy atom. The van der Waals surface area contributed by atoms with Gasteiger partial charge in [0.2, 0.25) is 5.91 Å². The highest BCUT2D eigenvalue weighted by Gasteiger charge is 2.55. The van der Waals surface area contributed by atoms with E-state index < -0.39 is 0 Å². The van der Waals surface area contributed by atoms with Crippen molar-refractivity contribution in [3.05, 3.63) is 0 Å². The van der Waals surface area contributed by atoms with Crippen LogP contribution >= 0.6 is 12.4 Å². The maximum atomic E-state index is 12.6. The molecule has 0 bridgehead atoms. The minimum absolute atomic E-state index is 0. The molecule has 1 heterocycles. The fraction of sp³-hybridized carbons (Fsp3) is 0.933. The van der Waals surface area contributed by atoms with Gasteiger partial charge in [-0.15, -0.1) is 12.4 Å². The van der Waals surface area contributed by atoms with Crippen molar-refractivity contribution in [2.45, 2.75) is 51.5 Å². The number of amides is 1. The molecule has 0 spiro atoms. The Hall–Kier alpha value is -0.280. The number of carbonyl (C=O) groups excluding carboxylic acids is 1. The second-order valence-corrected chi connectivity index (χ2v) is 6.68. The molecule has 1 amide bonds. The van der Waals surface area contributed by atoms with Crippen molar-refractivity contribution in [2.75, 3.05) is 13.1 Å². The first-order chi connectivity index (χ1) is 8.68. The van der Waals surface area contributed by atoms with Gasteiger partial charge in [0, 0.05) is 25.0 Å². The Bertz CT molecular complexity index is 322. The number of carbonyl (C=O) groups is 1. The largest absolute Gasteiger partial charge is 0.342 e. The highest BCUT2D eigenvalue weighted by Crippen LogP contribution is 2.56. The summed E-state index contributed by atoms with van der Waals surface area (Å²) in [5, 5.41) is 0. The molecule has 4 unspecified atom stereocenters. The summed E-state index contributed by atoms with van der Waals surface area (Å²) in [4.78, 5) is 14.7. The molecular weight excluding hydrogens is 260 g/mol. The SMILES string of the molecule is CC(N)C1CCCN(C(=O)C2C3CCCCC32)C1.Cl. The van der Waals surface area contributed by atoms with Crippen molar-refractivity contribution in [2.24, 2.45) is 29.4 Å². The highest BCUT2D eigenvalue weighted by molar-refractivity contribution is 5.85. The van der Waals surface area contributed by atoms with Crippen molar-refractivity contribution < 1.29 is 4.79 Å². The van der Waals surface area contributed by atoms with Crippen LogP contribution in [0.2, 0.25) is 0 Å². The lowest BCUT2D eigenvalue weighted by molar-refractivity contribution is -0.135. The van der Waals surface area contributed by atoms with E-state index >= 15 is 0 Å². The second kappa shape index (κ2) is 6.01. The summed E-state index contributed by atoms with van der Waals surface area (Å²) in [6.07, 6.45) is 7.61. The maximum Gasteiger partial charge on any atom is 0.226 e. The van der Waals surface area contributed by atoms with Gasteiger partial charge in [0.05, 0.1) is 0 Å². The zero-order valence-corrected chi connectivity index (χ0v) is 12.7. The van der Waals surface area contributed by atoms with Crippen LogP contribution < -0.4 is 5.73 Å². The van der Waals surface area contributed by atoms with Gasteiger partial charge in [-0.3, -0.25) is 4.79 Å². The first-order valence-electron chi connectivity index (χ1n) is 7.73. The van der Waals surface area contributed by atoms with E-state index in [2.05, 4.69) is 11.8 Å². The highest BCUT2D eigenvalue weighted by atomic mass is 35.5. The van der Waals surface area contributed by atoms with E-state index in [-0.39, 0.29) is 18.4 Å². The Morgan fingerprint density at radius 3 is 2.37 bits per heavy atom. The van der Waals surface area contributed by atoms with Crippen LogP contribution in [0.1, 0.15) is 45.4 Å². The molecule has 1 saturated heterocycles. The summed E-state index contributed by atoms with van der Waals surface area (Å²) in [5.74, 6) is 2.84. The van der Waals surface area contributed by atoms with E-state index in [4.69, 9.17) is 5.73 Å². The zero-order chi connectivity index (χ0) is 12.7. The minimum atomic E-state index is 0. The molecule has 3 aliphatic rings. The number of hydrogen-bond acceptors (Lipinski definition) is 2. The van der Waals surface area contributed by atoms with E-state index in [1.165, 1.54) is 32.1 Å². The van der Waals surface area contributed by atoms with Crippen LogP contribution in [0.3, 0.4) is 0 Å². The molecule has 4 heteroatoms. The summed E-state index contributed by atoms with van der Waals surface area (Å²) >= 11 is 0. The number of likely N-dealkylation sites (tertiary alicyclic amines) is 1. The van der Waals surface area contributed by atoms with Crippen molar-refractivity contribution >= 4 is 18.3 Å². The normalized spacial score (nSPS) is 38.9. The average Bonchev–Trinajstić information content (AvgIpc) is 3.12. The van der Waals surface area contributed by atoms with Gasteiger partial charge in [-0.1, -0.05) is 12.8 Å². The number of halogens is 1. The lowest BCUT2D eigenvalue weighted by Gasteiger charge is -2.35. The quantitative estimate of drug-likeness (QED) is 0.847. The summed E-state index contributed by atoms with van der Waals surface area (Å²) in [7, 11) is 0. The minimum Gasteiger partial charge on any atom is -0.342 e. The molecule has 3 fully saturated rings. The van der Waals surface area contributed by atoms with Crippen molar-refractivity contribution in [1.82, 2.24) is 4.90 Å². The van der Waals surface area contributed by atoms with Gasteiger partial charge in [0.15, 0.2) is 0 Å². The molecule has 19 heavy (non-hydrogen) atoms. The van der Waals surface area contributed by atoms with Crippen LogP contribution in [0.4, 0.5) is 0 Å². The smallest absolute Gasteiger partial charge is 0.226 e.